The van der Waals surface area contributed by atoms with E-state index in [4.69, 9.17) is 0 Å². The first-order valence-corrected chi connectivity index (χ1v) is 11.8. The van der Waals surface area contributed by atoms with Gasteiger partial charge < -0.3 is 4.55 Å². The number of hydrogen-bond donors (Lipinski definition) is 0. The quantitative estimate of drug-likeness (QED) is 0.325. The lowest BCUT2D eigenvalue weighted by Crippen LogP contribution is -2.32. The van der Waals surface area contributed by atoms with Crippen LogP contribution >= 0.6 is 11.8 Å². The van der Waals surface area contributed by atoms with Gasteiger partial charge in [0.25, 0.3) is 0 Å². The van der Waals surface area contributed by atoms with Crippen LogP contribution in [0.2, 0.25) is 0 Å². The first kappa shape index (κ1) is 22.0. The summed E-state index contributed by atoms with van der Waals surface area (Å²) in [7, 11) is -4.27. The van der Waals surface area contributed by atoms with E-state index >= 15 is 0 Å². The molecule has 0 atom stereocenters. The standard InChI is InChI=1S/C17H16NS.C7H8O3S/c1-2-18-13-12-17(15-10-6-7-11-16(15)18)19-14-8-4-3-5-9-14;1-6-2-4-7(5-3-6)11(8,9)10/h3-13H,2H2,1H3;2-5H,1H3,(H,8,9,10)/q+1;/p-1. The number of aromatic nitrogens is 1. The zero-order valence-electron chi connectivity index (χ0n) is 16.9. The fourth-order valence-electron chi connectivity index (χ4n) is 2.95. The van der Waals surface area contributed by atoms with Crippen LogP contribution in [0.15, 0.2) is 106 Å². The molecule has 4 aromatic rings. The molecule has 0 spiro atoms. The molecule has 0 aliphatic heterocycles. The maximum Gasteiger partial charge on any atom is 0.213 e. The summed E-state index contributed by atoms with van der Waals surface area (Å²) in [6, 6.07) is 27.1. The van der Waals surface area contributed by atoms with Crippen LogP contribution in [0.4, 0.5) is 0 Å². The monoisotopic (exact) mass is 437 g/mol. The number of rotatable bonds is 4. The molecule has 0 saturated carbocycles. The fraction of sp³-hybridized carbons (Fsp3) is 0.125. The molecule has 0 N–H and O–H groups in total. The molecule has 0 aliphatic carbocycles. The third-order valence-electron chi connectivity index (χ3n) is 4.51. The summed E-state index contributed by atoms with van der Waals surface area (Å²) in [6.07, 6.45) is 2.17. The predicted molar refractivity (Wildman–Crippen MR) is 120 cm³/mol. The summed E-state index contributed by atoms with van der Waals surface area (Å²) in [5, 5.41) is 1.32. The third-order valence-corrected chi connectivity index (χ3v) is 6.44. The molecule has 0 aliphatic rings. The van der Waals surface area contributed by atoms with E-state index in [1.54, 1.807) is 12.1 Å². The van der Waals surface area contributed by atoms with E-state index in [1.807, 2.05) is 18.7 Å². The molecule has 1 heterocycles. The molecule has 0 amide bonds. The third kappa shape index (κ3) is 5.69. The molecule has 6 heteroatoms. The summed E-state index contributed by atoms with van der Waals surface area (Å²) in [5.74, 6) is 0. The Morgan fingerprint density at radius 2 is 1.50 bits per heavy atom. The van der Waals surface area contributed by atoms with Gasteiger partial charge in [-0.2, -0.15) is 4.57 Å². The molecule has 4 nitrogen and oxygen atoms in total. The molecular weight excluding hydrogens is 414 g/mol. The van der Waals surface area contributed by atoms with E-state index in [2.05, 4.69) is 78.4 Å². The Morgan fingerprint density at radius 1 is 0.867 bits per heavy atom. The molecule has 4 rings (SSSR count). The Labute approximate surface area is 182 Å². The van der Waals surface area contributed by atoms with Crippen molar-refractivity contribution in [2.75, 3.05) is 0 Å². The minimum Gasteiger partial charge on any atom is -0.744 e. The van der Waals surface area contributed by atoms with Gasteiger partial charge >= 0.3 is 0 Å². The number of aryl methyl sites for hydroxylation is 2. The number of benzene rings is 3. The zero-order valence-corrected chi connectivity index (χ0v) is 18.5. The van der Waals surface area contributed by atoms with Crippen molar-refractivity contribution < 1.29 is 17.5 Å². The van der Waals surface area contributed by atoms with Crippen LogP contribution in [-0.2, 0) is 16.7 Å². The predicted octanol–water partition coefficient (Wildman–Crippen LogP) is 5.20. The van der Waals surface area contributed by atoms with Crippen LogP contribution in [0.1, 0.15) is 12.5 Å². The minimum absolute atomic E-state index is 0.178. The van der Waals surface area contributed by atoms with Crippen LogP contribution in [0.5, 0.6) is 0 Å². The maximum absolute atomic E-state index is 10.4. The van der Waals surface area contributed by atoms with E-state index < -0.39 is 10.1 Å². The van der Waals surface area contributed by atoms with Crippen molar-refractivity contribution in [2.24, 2.45) is 0 Å². The molecule has 0 radical (unpaired) electrons. The topological polar surface area (TPSA) is 61.1 Å². The number of fused-ring (bicyclic) bond motifs is 1. The SMILES string of the molecule is CC[n+]1ccc(Sc2ccccc2)c2ccccc21.Cc1ccc(S(=O)(=O)[O-])cc1. The van der Waals surface area contributed by atoms with Gasteiger partial charge in [-0.05, 0) is 44.2 Å². The summed E-state index contributed by atoms with van der Waals surface area (Å²) >= 11 is 1.82. The molecule has 0 unspecified atom stereocenters. The Hall–Kier alpha value is -2.67. The Morgan fingerprint density at radius 3 is 2.13 bits per heavy atom. The van der Waals surface area contributed by atoms with Crippen molar-refractivity contribution in [1.82, 2.24) is 0 Å². The highest BCUT2D eigenvalue weighted by atomic mass is 32.2. The second kappa shape index (κ2) is 9.89. The highest BCUT2D eigenvalue weighted by Gasteiger charge is 2.11. The van der Waals surface area contributed by atoms with E-state index in [0.717, 1.165) is 12.1 Å². The van der Waals surface area contributed by atoms with Gasteiger partial charge in [-0.15, -0.1) is 0 Å². The average molecular weight is 438 g/mol. The smallest absolute Gasteiger partial charge is 0.213 e. The normalized spacial score (nSPS) is 11.0. The van der Waals surface area contributed by atoms with Gasteiger partial charge in [0.1, 0.15) is 16.7 Å². The molecular formula is C24H23NO3S2. The van der Waals surface area contributed by atoms with Gasteiger partial charge in [0.05, 0.1) is 10.3 Å². The van der Waals surface area contributed by atoms with Crippen LogP contribution in [-0.4, -0.2) is 13.0 Å². The van der Waals surface area contributed by atoms with Crippen molar-refractivity contribution in [3.63, 3.8) is 0 Å². The van der Waals surface area contributed by atoms with Crippen molar-refractivity contribution in [2.45, 2.75) is 35.1 Å². The Kier molecular flexibility index (Phi) is 7.26. The van der Waals surface area contributed by atoms with E-state index in [-0.39, 0.29) is 4.90 Å². The van der Waals surface area contributed by atoms with Gasteiger partial charge in [0.2, 0.25) is 5.52 Å². The molecule has 3 aromatic carbocycles. The lowest BCUT2D eigenvalue weighted by molar-refractivity contribution is -0.668. The van der Waals surface area contributed by atoms with E-state index in [9.17, 15) is 13.0 Å². The van der Waals surface area contributed by atoms with Gasteiger partial charge in [-0.25, -0.2) is 8.42 Å². The number of pyridine rings is 1. The van der Waals surface area contributed by atoms with E-state index in [1.165, 1.54) is 32.8 Å². The van der Waals surface area contributed by atoms with Crippen LogP contribution in [0.25, 0.3) is 10.9 Å². The Bertz CT molecular complexity index is 1220. The largest absolute Gasteiger partial charge is 0.744 e. The first-order chi connectivity index (χ1) is 14.4. The summed E-state index contributed by atoms with van der Waals surface area (Å²) < 4.78 is 33.4. The van der Waals surface area contributed by atoms with Crippen molar-refractivity contribution in [3.05, 3.63) is 96.7 Å². The highest BCUT2D eigenvalue weighted by Crippen LogP contribution is 2.31. The highest BCUT2D eigenvalue weighted by molar-refractivity contribution is 7.99. The van der Waals surface area contributed by atoms with Crippen LogP contribution < -0.4 is 4.57 Å². The molecule has 0 fully saturated rings. The average Bonchev–Trinajstić information content (AvgIpc) is 2.75. The van der Waals surface area contributed by atoms with Crippen molar-refractivity contribution >= 4 is 32.8 Å². The lowest BCUT2D eigenvalue weighted by atomic mass is 10.2. The van der Waals surface area contributed by atoms with E-state index in [0.29, 0.717) is 0 Å². The summed E-state index contributed by atoms with van der Waals surface area (Å²) in [6.45, 7) is 4.99. The van der Waals surface area contributed by atoms with Crippen LogP contribution in [0.3, 0.4) is 0 Å². The molecule has 0 saturated heterocycles. The molecule has 154 valence electrons. The number of nitrogens with zero attached hydrogens (tertiary/aromatic N) is 1. The van der Waals surface area contributed by atoms with Gasteiger partial charge in [0, 0.05) is 21.9 Å². The molecule has 30 heavy (non-hydrogen) atoms. The van der Waals surface area contributed by atoms with Gasteiger partial charge in [-0.1, -0.05) is 59.8 Å². The number of para-hydroxylation sites is 1. The van der Waals surface area contributed by atoms with Crippen molar-refractivity contribution in [1.29, 1.82) is 0 Å². The maximum atomic E-state index is 10.4. The number of hydrogen-bond acceptors (Lipinski definition) is 4. The minimum atomic E-state index is -4.27. The lowest BCUT2D eigenvalue weighted by Gasteiger charge is -2.05. The van der Waals surface area contributed by atoms with Gasteiger partial charge in [-0.3, -0.25) is 0 Å². The van der Waals surface area contributed by atoms with Crippen molar-refractivity contribution in [3.8, 4) is 0 Å². The van der Waals surface area contributed by atoms with Gasteiger partial charge in [0.15, 0.2) is 6.20 Å². The fourth-order valence-corrected chi connectivity index (χ4v) is 4.37. The first-order valence-electron chi connectivity index (χ1n) is 9.55. The Balaban J connectivity index is 0.000000199. The second-order valence-corrected chi connectivity index (χ2v) is 9.16. The zero-order chi connectivity index (χ0) is 21.6. The second-order valence-electron chi connectivity index (χ2n) is 6.67. The molecule has 0 bridgehead atoms. The molecule has 1 aromatic heterocycles. The summed E-state index contributed by atoms with van der Waals surface area (Å²) in [4.78, 5) is 2.41. The summed E-state index contributed by atoms with van der Waals surface area (Å²) in [5.41, 5.74) is 2.23. The van der Waals surface area contributed by atoms with Crippen LogP contribution in [0, 0.1) is 6.92 Å².